The van der Waals surface area contributed by atoms with Gasteiger partial charge < -0.3 is 9.31 Å². The maximum atomic E-state index is 6.03. The summed E-state index contributed by atoms with van der Waals surface area (Å²) in [7, 11) is -0.245. The minimum Gasteiger partial charge on any atom is -0.399 e. The van der Waals surface area contributed by atoms with Gasteiger partial charge in [0.05, 0.1) is 11.2 Å². The second kappa shape index (κ2) is 6.77. The lowest BCUT2D eigenvalue weighted by Crippen LogP contribution is -2.41. The van der Waals surface area contributed by atoms with Crippen molar-refractivity contribution < 1.29 is 9.31 Å². The molecule has 2 nitrogen and oxygen atoms in total. The van der Waals surface area contributed by atoms with Gasteiger partial charge >= 0.3 is 7.12 Å². The average Bonchev–Trinajstić information content (AvgIpc) is 2.62. The number of hydrogen-bond donors (Lipinski definition) is 0. The Labute approximate surface area is 125 Å². The van der Waals surface area contributed by atoms with E-state index in [1.165, 1.54) is 12.0 Å². The van der Waals surface area contributed by atoms with E-state index in [0.717, 1.165) is 11.9 Å². The highest BCUT2D eigenvalue weighted by molar-refractivity contribution is 6.62. The van der Waals surface area contributed by atoms with Gasteiger partial charge in [0.1, 0.15) is 0 Å². The zero-order chi connectivity index (χ0) is 15.4. The maximum absolute atomic E-state index is 6.03. The van der Waals surface area contributed by atoms with Gasteiger partial charge in [0.25, 0.3) is 0 Å². The van der Waals surface area contributed by atoms with Crippen molar-refractivity contribution in [2.75, 3.05) is 0 Å². The van der Waals surface area contributed by atoms with Crippen molar-refractivity contribution in [2.24, 2.45) is 0 Å². The molecule has 0 saturated carbocycles. The summed E-state index contributed by atoms with van der Waals surface area (Å²) in [5.74, 6) is 0. The molecular formula is C17H29BO2. The molecule has 0 bridgehead atoms. The van der Waals surface area contributed by atoms with Gasteiger partial charge in [-0.2, -0.15) is 0 Å². The Bertz CT molecular complexity index is 394. The highest BCUT2D eigenvalue weighted by Gasteiger charge is 2.51. The molecule has 3 heteroatoms. The predicted molar refractivity (Wildman–Crippen MR) is 87.5 cm³/mol. The lowest BCUT2D eigenvalue weighted by Gasteiger charge is -2.32. The Hall–Kier alpha value is -0.795. The summed E-state index contributed by atoms with van der Waals surface area (Å²) in [5, 5.41) is 0. The number of benzene rings is 1. The maximum Gasteiger partial charge on any atom is 0.494 e. The third-order valence-corrected chi connectivity index (χ3v) is 4.04. The van der Waals surface area contributed by atoms with Crippen LogP contribution in [0.2, 0.25) is 0 Å². The molecule has 0 amide bonds. The van der Waals surface area contributed by atoms with Crippen LogP contribution in [-0.2, 0) is 15.7 Å². The third kappa shape index (κ3) is 3.65. The van der Waals surface area contributed by atoms with Crippen LogP contribution in [-0.4, -0.2) is 18.3 Å². The molecule has 0 aliphatic carbocycles. The van der Waals surface area contributed by atoms with Crippen molar-refractivity contribution in [1.29, 1.82) is 0 Å². The summed E-state index contributed by atoms with van der Waals surface area (Å²) in [6.07, 6.45) is 2.31. The lowest BCUT2D eigenvalue weighted by molar-refractivity contribution is 0.00578. The van der Waals surface area contributed by atoms with Crippen LogP contribution in [0.3, 0.4) is 0 Å². The van der Waals surface area contributed by atoms with E-state index in [-0.39, 0.29) is 18.3 Å². The van der Waals surface area contributed by atoms with E-state index in [9.17, 15) is 0 Å². The molecule has 1 saturated heterocycles. The molecule has 1 aromatic rings. The molecule has 1 heterocycles. The fourth-order valence-corrected chi connectivity index (χ4v) is 2.11. The van der Waals surface area contributed by atoms with E-state index in [2.05, 4.69) is 58.9 Å². The summed E-state index contributed by atoms with van der Waals surface area (Å²) in [5.41, 5.74) is 1.95. The molecule has 1 fully saturated rings. The number of rotatable bonds is 3. The molecule has 0 unspecified atom stereocenters. The van der Waals surface area contributed by atoms with E-state index in [1.807, 2.05) is 13.8 Å². The van der Waals surface area contributed by atoms with E-state index >= 15 is 0 Å². The van der Waals surface area contributed by atoms with E-state index < -0.39 is 0 Å². The Morgan fingerprint density at radius 1 is 0.900 bits per heavy atom. The van der Waals surface area contributed by atoms with Crippen molar-refractivity contribution in [3.63, 3.8) is 0 Å². The zero-order valence-electron chi connectivity index (χ0n) is 14.1. The van der Waals surface area contributed by atoms with Gasteiger partial charge in [-0.15, -0.1) is 0 Å². The third-order valence-electron chi connectivity index (χ3n) is 4.04. The quantitative estimate of drug-likeness (QED) is 0.778. The molecule has 0 N–H and O–H groups in total. The van der Waals surface area contributed by atoms with Gasteiger partial charge in [-0.25, -0.2) is 0 Å². The van der Waals surface area contributed by atoms with E-state index in [1.54, 1.807) is 0 Å². The van der Waals surface area contributed by atoms with Crippen molar-refractivity contribution in [1.82, 2.24) is 0 Å². The fourth-order valence-electron chi connectivity index (χ4n) is 2.11. The Morgan fingerprint density at radius 3 is 1.75 bits per heavy atom. The van der Waals surface area contributed by atoms with Gasteiger partial charge in [-0.05, 0) is 45.1 Å². The van der Waals surface area contributed by atoms with E-state index in [4.69, 9.17) is 9.31 Å². The standard InChI is InChI=1S/C15H23BO2.C2H6/c1-6-7-12-8-10-13(11-9-12)16-17-14(2,3)15(4,5)18-16;1-2/h8-11H,6-7H2,1-5H3;1-2H3. The molecule has 0 aromatic heterocycles. The van der Waals surface area contributed by atoms with Crippen LogP contribution < -0.4 is 5.46 Å². The fraction of sp³-hybridized carbons (Fsp3) is 0.647. The predicted octanol–water partition coefficient (Wildman–Crippen LogP) is 3.96. The Kier molecular flexibility index (Phi) is 5.84. The molecule has 0 radical (unpaired) electrons. The molecule has 1 aliphatic heterocycles. The van der Waals surface area contributed by atoms with Crippen molar-refractivity contribution in [3.8, 4) is 0 Å². The average molecular weight is 276 g/mol. The highest BCUT2D eigenvalue weighted by atomic mass is 16.7. The normalized spacial score (nSPS) is 19.4. The monoisotopic (exact) mass is 276 g/mol. The second-order valence-electron chi connectivity index (χ2n) is 6.08. The highest BCUT2D eigenvalue weighted by Crippen LogP contribution is 2.36. The summed E-state index contributed by atoms with van der Waals surface area (Å²) < 4.78 is 12.1. The summed E-state index contributed by atoms with van der Waals surface area (Å²) in [6, 6.07) is 8.58. The van der Waals surface area contributed by atoms with Crippen molar-refractivity contribution in [3.05, 3.63) is 29.8 Å². The molecule has 1 aromatic carbocycles. The van der Waals surface area contributed by atoms with Crippen molar-refractivity contribution >= 4 is 12.6 Å². The van der Waals surface area contributed by atoms with Crippen LogP contribution in [0.15, 0.2) is 24.3 Å². The van der Waals surface area contributed by atoms with Crippen LogP contribution in [0.5, 0.6) is 0 Å². The number of hydrogen-bond acceptors (Lipinski definition) is 2. The lowest BCUT2D eigenvalue weighted by atomic mass is 9.79. The Morgan fingerprint density at radius 2 is 1.35 bits per heavy atom. The number of aryl methyl sites for hydroxylation is 1. The van der Waals surface area contributed by atoms with Crippen LogP contribution in [0.25, 0.3) is 0 Å². The molecule has 112 valence electrons. The molecule has 2 rings (SSSR count). The van der Waals surface area contributed by atoms with Gasteiger partial charge in [-0.1, -0.05) is 51.5 Å². The van der Waals surface area contributed by atoms with Crippen LogP contribution >= 0.6 is 0 Å². The first-order valence-corrected chi connectivity index (χ1v) is 7.80. The van der Waals surface area contributed by atoms with Gasteiger partial charge in [-0.3, -0.25) is 0 Å². The first-order chi connectivity index (χ1) is 9.36. The minimum atomic E-state index is -0.264. The van der Waals surface area contributed by atoms with Gasteiger partial charge in [0, 0.05) is 0 Å². The minimum absolute atomic E-state index is 0.245. The van der Waals surface area contributed by atoms with Crippen LogP contribution in [0.4, 0.5) is 0 Å². The SMILES string of the molecule is CC.CCCc1ccc(B2OC(C)(C)C(C)(C)O2)cc1. The van der Waals surface area contributed by atoms with Gasteiger partial charge in [0.2, 0.25) is 0 Å². The summed E-state index contributed by atoms with van der Waals surface area (Å²) >= 11 is 0. The first kappa shape index (κ1) is 17.3. The van der Waals surface area contributed by atoms with Crippen LogP contribution in [0, 0.1) is 0 Å². The smallest absolute Gasteiger partial charge is 0.399 e. The zero-order valence-corrected chi connectivity index (χ0v) is 14.1. The largest absolute Gasteiger partial charge is 0.494 e. The molecule has 0 atom stereocenters. The molecule has 20 heavy (non-hydrogen) atoms. The first-order valence-electron chi connectivity index (χ1n) is 7.80. The Balaban J connectivity index is 0.000000956. The molecule has 0 spiro atoms. The molecule has 1 aliphatic rings. The van der Waals surface area contributed by atoms with E-state index in [0.29, 0.717) is 0 Å². The van der Waals surface area contributed by atoms with Gasteiger partial charge in [0.15, 0.2) is 0 Å². The van der Waals surface area contributed by atoms with Crippen molar-refractivity contribution in [2.45, 2.75) is 72.5 Å². The van der Waals surface area contributed by atoms with Crippen LogP contribution in [0.1, 0.15) is 60.5 Å². The summed E-state index contributed by atoms with van der Waals surface area (Å²) in [4.78, 5) is 0. The summed E-state index contributed by atoms with van der Waals surface area (Å²) in [6.45, 7) is 14.5. The topological polar surface area (TPSA) is 18.5 Å². The molecular weight excluding hydrogens is 247 g/mol. The second-order valence-corrected chi connectivity index (χ2v) is 6.08.